The van der Waals surface area contributed by atoms with E-state index in [2.05, 4.69) is 14.6 Å². The summed E-state index contributed by atoms with van der Waals surface area (Å²) in [5.41, 5.74) is 1.89. The highest BCUT2D eigenvalue weighted by molar-refractivity contribution is 7.89. The zero-order valence-corrected chi connectivity index (χ0v) is 20.2. The molecule has 3 aromatic rings. The van der Waals surface area contributed by atoms with Gasteiger partial charge < -0.3 is 9.88 Å². The lowest BCUT2D eigenvalue weighted by Gasteiger charge is -2.23. The highest BCUT2D eigenvalue weighted by atomic mass is 35.5. The molecular formula is C23H28Cl2N4O2S. The van der Waals surface area contributed by atoms with E-state index in [0.717, 1.165) is 68.6 Å². The van der Waals surface area contributed by atoms with Crippen LogP contribution in [0.2, 0.25) is 10.0 Å². The number of sulfonamides is 1. The molecule has 1 saturated heterocycles. The quantitative estimate of drug-likeness (QED) is 0.412. The highest BCUT2D eigenvalue weighted by Gasteiger charge is 2.23. The predicted molar refractivity (Wildman–Crippen MR) is 130 cm³/mol. The molecule has 9 heteroatoms. The third-order valence-electron chi connectivity index (χ3n) is 5.93. The minimum atomic E-state index is -3.45. The van der Waals surface area contributed by atoms with Gasteiger partial charge in [-0.05, 0) is 63.0 Å². The lowest BCUT2D eigenvalue weighted by Crippen LogP contribution is -2.28. The van der Waals surface area contributed by atoms with E-state index in [-0.39, 0.29) is 0 Å². The Labute approximate surface area is 199 Å². The molecule has 0 spiro atoms. The van der Waals surface area contributed by atoms with Crippen LogP contribution in [0, 0.1) is 0 Å². The number of aryl methyl sites for hydroxylation is 1. The number of piperidine rings is 1. The predicted octanol–water partition coefficient (Wildman–Crippen LogP) is 4.96. The van der Waals surface area contributed by atoms with Crippen molar-refractivity contribution < 1.29 is 8.42 Å². The maximum Gasteiger partial charge on any atom is 0.240 e. The van der Waals surface area contributed by atoms with E-state index in [1.54, 1.807) is 30.3 Å². The minimum Gasteiger partial charge on any atom is -0.328 e. The number of halogens is 2. The third kappa shape index (κ3) is 5.46. The van der Waals surface area contributed by atoms with E-state index in [9.17, 15) is 8.42 Å². The van der Waals surface area contributed by atoms with Crippen molar-refractivity contribution in [1.82, 2.24) is 19.6 Å². The number of benzene rings is 2. The van der Waals surface area contributed by atoms with Crippen LogP contribution in [0.1, 0.15) is 43.8 Å². The second kappa shape index (κ2) is 10.5. The van der Waals surface area contributed by atoms with Gasteiger partial charge in [0.05, 0.1) is 26.0 Å². The maximum absolute atomic E-state index is 12.3. The Morgan fingerprint density at radius 2 is 1.75 bits per heavy atom. The zero-order valence-electron chi connectivity index (χ0n) is 17.9. The van der Waals surface area contributed by atoms with Gasteiger partial charge in [0.15, 0.2) is 0 Å². The van der Waals surface area contributed by atoms with Crippen LogP contribution in [0.5, 0.6) is 0 Å². The summed E-state index contributed by atoms with van der Waals surface area (Å²) in [4.78, 5) is 5.22. The molecule has 1 aromatic heterocycles. The summed E-state index contributed by atoms with van der Waals surface area (Å²) < 4.78 is 29.6. The molecule has 0 radical (unpaired) electrons. The summed E-state index contributed by atoms with van der Waals surface area (Å²) >= 11 is 12.5. The van der Waals surface area contributed by atoms with E-state index in [1.807, 2.05) is 12.1 Å². The van der Waals surface area contributed by atoms with Crippen molar-refractivity contribution >= 4 is 44.3 Å². The van der Waals surface area contributed by atoms with Crippen LogP contribution in [-0.4, -0.2) is 37.6 Å². The maximum atomic E-state index is 12.3. The summed E-state index contributed by atoms with van der Waals surface area (Å²) in [6.45, 7) is 3.23. The average Bonchev–Trinajstić information content (AvgIpc) is 3.14. The van der Waals surface area contributed by atoms with Crippen LogP contribution in [0.3, 0.4) is 0 Å². The van der Waals surface area contributed by atoms with Gasteiger partial charge in [-0.15, -0.1) is 0 Å². The number of unbranched alkanes of at least 4 members (excludes halogenated alkanes) is 2. The second-order valence-electron chi connectivity index (χ2n) is 8.17. The topological polar surface area (TPSA) is 76.0 Å². The molecule has 0 unspecified atom stereocenters. The lowest BCUT2D eigenvalue weighted by molar-refractivity contribution is 0.428. The fourth-order valence-corrected chi connectivity index (χ4v) is 5.64. The van der Waals surface area contributed by atoms with Gasteiger partial charge in [0.2, 0.25) is 10.0 Å². The third-order valence-corrected chi connectivity index (χ3v) is 8.13. The number of imidazole rings is 1. The Balaban J connectivity index is 1.38. The number of fused-ring (bicyclic) bond motifs is 1. The smallest absolute Gasteiger partial charge is 0.240 e. The molecule has 172 valence electrons. The van der Waals surface area contributed by atoms with Crippen LogP contribution in [0.15, 0.2) is 47.4 Å². The molecule has 0 aliphatic carbocycles. The van der Waals surface area contributed by atoms with Crippen molar-refractivity contribution in [1.29, 1.82) is 0 Å². The number of aromatic nitrogens is 2. The molecule has 0 atom stereocenters. The van der Waals surface area contributed by atoms with Gasteiger partial charge in [-0.3, -0.25) is 0 Å². The first-order valence-electron chi connectivity index (χ1n) is 11.1. The van der Waals surface area contributed by atoms with Crippen LogP contribution in [-0.2, 0) is 16.6 Å². The molecule has 2 heterocycles. The summed E-state index contributed by atoms with van der Waals surface area (Å²) in [5.74, 6) is 1.52. The van der Waals surface area contributed by atoms with Crippen LogP contribution in [0.25, 0.3) is 11.0 Å². The molecule has 0 saturated carbocycles. The van der Waals surface area contributed by atoms with Crippen molar-refractivity contribution in [2.45, 2.75) is 49.5 Å². The van der Waals surface area contributed by atoms with Gasteiger partial charge in [0.25, 0.3) is 0 Å². The number of hydrogen-bond donors (Lipinski definition) is 2. The summed E-state index contributed by atoms with van der Waals surface area (Å²) in [7, 11) is -3.45. The number of nitrogens with zero attached hydrogens (tertiary/aromatic N) is 2. The molecule has 1 fully saturated rings. The number of nitrogens with one attached hydrogen (secondary N) is 2. The van der Waals surface area contributed by atoms with Crippen molar-refractivity contribution in [2.75, 3.05) is 19.6 Å². The van der Waals surface area contributed by atoms with E-state index >= 15 is 0 Å². The molecular weight excluding hydrogens is 467 g/mol. The number of hydrogen-bond acceptors (Lipinski definition) is 4. The Morgan fingerprint density at radius 1 is 1.03 bits per heavy atom. The standard InChI is InChI=1S/C23H28Cl2N4O2S/c24-19-15-21-22(16-20(19)25)29(23(28-21)17-9-12-26-13-10-17)14-6-2-5-11-27-32(30,31)18-7-3-1-4-8-18/h1,3-4,7-8,15-17,26-27H,2,5-6,9-14H2. The minimum absolute atomic E-state index is 0.298. The molecule has 0 bridgehead atoms. The Hall–Kier alpha value is -1.64. The normalized spacial score (nSPS) is 15.4. The Morgan fingerprint density at radius 3 is 2.50 bits per heavy atom. The SMILES string of the molecule is O=S(=O)(NCCCCCn1c(C2CCNCC2)nc2cc(Cl)c(Cl)cc21)c1ccccc1. The Kier molecular flexibility index (Phi) is 7.74. The largest absolute Gasteiger partial charge is 0.328 e. The molecule has 2 N–H and O–H groups in total. The zero-order chi connectivity index (χ0) is 22.6. The van der Waals surface area contributed by atoms with Gasteiger partial charge in [0.1, 0.15) is 5.82 Å². The lowest BCUT2D eigenvalue weighted by atomic mass is 9.97. The van der Waals surface area contributed by atoms with Gasteiger partial charge in [-0.2, -0.15) is 0 Å². The van der Waals surface area contributed by atoms with Crippen LogP contribution < -0.4 is 10.0 Å². The van der Waals surface area contributed by atoms with Crippen molar-refractivity contribution in [3.05, 3.63) is 58.3 Å². The Bertz CT molecular complexity index is 1160. The van der Waals surface area contributed by atoms with Crippen molar-refractivity contribution in [2.24, 2.45) is 0 Å². The monoisotopic (exact) mass is 494 g/mol. The fourth-order valence-electron chi connectivity index (χ4n) is 4.23. The van der Waals surface area contributed by atoms with Gasteiger partial charge in [-0.25, -0.2) is 18.1 Å². The van der Waals surface area contributed by atoms with E-state index in [4.69, 9.17) is 28.2 Å². The van der Waals surface area contributed by atoms with Gasteiger partial charge >= 0.3 is 0 Å². The molecule has 0 amide bonds. The molecule has 2 aromatic carbocycles. The molecule has 6 nitrogen and oxygen atoms in total. The molecule has 1 aliphatic rings. The molecule has 4 rings (SSSR count). The van der Waals surface area contributed by atoms with Gasteiger partial charge in [-0.1, -0.05) is 47.8 Å². The van der Waals surface area contributed by atoms with Crippen molar-refractivity contribution in [3.63, 3.8) is 0 Å². The van der Waals surface area contributed by atoms with Gasteiger partial charge in [0, 0.05) is 19.0 Å². The van der Waals surface area contributed by atoms with Crippen LogP contribution >= 0.6 is 23.2 Å². The fraction of sp³-hybridized carbons (Fsp3) is 0.435. The summed E-state index contributed by atoms with van der Waals surface area (Å²) in [6, 6.07) is 12.2. The number of rotatable bonds is 9. The first kappa shape index (κ1) is 23.5. The van der Waals surface area contributed by atoms with E-state index < -0.39 is 10.0 Å². The second-order valence-corrected chi connectivity index (χ2v) is 10.8. The van der Waals surface area contributed by atoms with Crippen LogP contribution in [0.4, 0.5) is 0 Å². The van der Waals surface area contributed by atoms with E-state index in [1.165, 1.54) is 0 Å². The average molecular weight is 495 g/mol. The van der Waals surface area contributed by atoms with E-state index in [0.29, 0.717) is 27.4 Å². The first-order chi connectivity index (χ1) is 15.5. The molecule has 1 aliphatic heterocycles. The summed E-state index contributed by atoms with van der Waals surface area (Å²) in [6.07, 6.45) is 4.73. The highest BCUT2D eigenvalue weighted by Crippen LogP contribution is 2.33. The molecule has 32 heavy (non-hydrogen) atoms. The van der Waals surface area contributed by atoms with Crippen molar-refractivity contribution in [3.8, 4) is 0 Å². The first-order valence-corrected chi connectivity index (χ1v) is 13.3. The summed E-state index contributed by atoms with van der Waals surface area (Å²) in [5, 5.41) is 4.47.